The van der Waals surface area contributed by atoms with Crippen LogP contribution in [0, 0.1) is 5.82 Å². The first-order valence-corrected chi connectivity index (χ1v) is 17.2. The summed E-state index contributed by atoms with van der Waals surface area (Å²) in [5.41, 5.74) is 3.25. The van der Waals surface area contributed by atoms with Crippen LogP contribution in [0.1, 0.15) is 60.3 Å². The van der Waals surface area contributed by atoms with Crippen molar-refractivity contribution in [3.63, 3.8) is 0 Å². The van der Waals surface area contributed by atoms with E-state index >= 15 is 4.39 Å². The lowest BCUT2D eigenvalue weighted by atomic mass is 9.89. The normalized spacial score (nSPS) is 16.6. The number of esters is 1. The number of rotatable bonds is 9. The molecule has 0 spiro atoms. The molecule has 266 valence electrons. The summed E-state index contributed by atoms with van der Waals surface area (Å²) in [4.78, 5) is 47.1. The van der Waals surface area contributed by atoms with Crippen LogP contribution in [0.5, 0.6) is 0 Å². The van der Waals surface area contributed by atoms with Gasteiger partial charge >= 0.3 is 5.97 Å². The van der Waals surface area contributed by atoms with Crippen molar-refractivity contribution in [1.82, 2.24) is 30.0 Å². The lowest BCUT2D eigenvalue weighted by Gasteiger charge is -2.40. The molecule has 4 aromatic rings. The van der Waals surface area contributed by atoms with E-state index in [0.717, 1.165) is 37.4 Å². The van der Waals surface area contributed by atoms with E-state index in [2.05, 4.69) is 43.8 Å². The number of ether oxygens (including phenoxy) is 1. The van der Waals surface area contributed by atoms with Crippen LogP contribution in [-0.4, -0.2) is 93.2 Å². The zero-order valence-corrected chi connectivity index (χ0v) is 29.7. The fourth-order valence-electron chi connectivity index (χ4n) is 6.23. The third-order valence-corrected chi connectivity index (χ3v) is 9.77. The summed E-state index contributed by atoms with van der Waals surface area (Å²) in [7, 11) is 2.09. The van der Waals surface area contributed by atoms with Gasteiger partial charge < -0.3 is 24.8 Å². The second-order valence-electron chi connectivity index (χ2n) is 13.3. The number of nitrogens with one attached hydrogen (secondary N) is 1. The largest absolute Gasteiger partial charge is 0.456 e. The molecule has 1 atom stereocenters. The Balaban J connectivity index is 1.31. The first-order chi connectivity index (χ1) is 24.5. The zero-order valence-electron chi connectivity index (χ0n) is 29.0. The molecule has 0 saturated carbocycles. The Hall–Kier alpha value is -5.14. The number of benzene rings is 3. The molecule has 14 heteroatoms. The van der Waals surface area contributed by atoms with E-state index in [0.29, 0.717) is 29.7 Å². The number of fused-ring (bicyclic) bond motifs is 1. The third-order valence-electron chi connectivity index (χ3n) is 9.48. The Kier molecular flexibility index (Phi) is 10.5. The minimum absolute atomic E-state index is 0.0138. The summed E-state index contributed by atoms with van der Waals surface area (Å²) in [6.07, 6.45) is 5.04. The molecular weight excluding hydrogens is 675 g/mol. The fourth-order valence-corrected chi connectivity index (χ4v) is 6.40. The highest BCUT2D eigenvalue weighted by atomic mass is 35.5. The number of likely N-dealkylation sites (N-methyl/N-ethyl adjacent to an activating group) is 1. The predicted molar refractivity (Wildman–Crippen MR) is 192 cm³/mol. The predicted octanol–water partition coefficient (Wildman–Crippen LogP) is 5.33. The number of aromatic nitrogens is 4. The van der Waals surface area contributed by atoms with Crippen molar-refractivity contribution in [2.45, 2.75) is 45.3 Å². The van der Waals surface area contributed by atoms with Gasteiger partial charge in [-0.15, -0.1) is 5.10 Å². The van der Waals surface area contributed by atoms with E-state index in [9.17, 15) is 14.4 Å². The number of anilines is 2. The summed E-state index contributed by atoms with van der Waals surface area (Å²) in [5, 5.41) is 13.9. The molecule has 1 fully saturated rings. The Labute approximate surface area is 300 Å². The summed E-state index contributed by atoms with van der Waals surface area (Å²) in [5.74, 6) is -2.13. The van der Waals surface area contributed by atoms with Crippen molar-refractivity contribution in [1.29, 1.82) is 0 Å². The quantitative estimate of drug-likeness (QED) is 0.181. The van der Waals surface area contributed by atoms with Gasteiger partial charge in [-0.2, -0.15) is 4.68 Å². The topological polar surface area (TPSA) is 126 Å². The first kappa shape index (κ1) is 35.7. The van der Waals surface area contributed by atoms with Crippen molar-refractivity contribution in [3.8, 4) is 5.69 Å². The smallest absolute Gasteiger partial charge is 0.338 e. The van der Waals surface area contributed by atoms with Crippen molar-refractivity contribution in [3.05, 3.63) is 100 Å². The van der Waals surface area contributed by atoms with Gasteiger partial charge in [0, 0.05) is 55.7 Å². The van der Waals surface area contributed by atoms with E-state index in [-0.39, 0.29) is 22.8 Å². The van der Waals surface area contributed by atoms with Gasteiger partial charge in [-0.25, -0.2) is 9.18 Å². The number of hydrogen-bond acceptors (Lipinski definition) is 9. The minimum Gasteiger partial charge on any atom is -0.456 e. The van der Waals surface area contributed by atoms with Crippen LogP contribution in [0.25, 0.3) is 11.8 Å². The molecule has 0 bridgehead atoms. The Morgan fingerprint density at radius 1 is 1.02 bits per heavy atom. The number of piperazine rings is 1. The number of nitrogens with zero attached hydrogens (tertiary/aromatic N) is 7. The summed E-state index contributed by atoms with van der Waals surface area (Å²) < 4.78 is 22.2. The molecular formula is C37H40ClFN8O4. The first-order valence-electron chi connectivity index (χ1n) is 16.9. The molecule has 2 aliphatic heterocycles. The Morgan fingerprint density at radius 2 is 1.76 bits per heavy atom. The highest BCUT2D eigenvalue weighted by Crippen LogP contribution is 2.37. The van der Waals surface area contributed by atoms with Crippen molar-refractivity contribution in [2.75, 3.05) is 50.0 Å². The second-order valence-corrected chi connectivity index (χ2v) is 13.7. The van der Waals surface area contributed by atoms with Gasteiger partial charge in [-0.05, 0) is 104 Å². The van der Waals surface area contributed by atoms with E-state index < -0.39 is 35.2 Å². The van der Waals surface area contributed by atoms with Crippen LogP contribution in [0.15, 0.2) is 67.0 Å². The standard InChI is InChI=1S/C37H40ClFN8O4/c1-5-37(2,3)51-36(50)24-9-11-25(12-10-24)41-35(49)34-27-7-6-8-30(45-21-19-44(4)20-22-45)26(27)17-18-46(34)32(48)16-13-28-31(47-23-40-42-43-47)15-14-29(38)33(28)39/h6-16,23,34H,5,17-22H2,1-4H3,(H,41,49)/b16-13+. The number of amides is 2. The fraction of sp³-hybridized carbons (Fsp3) is 0.351. The monoisotopic (exact) mass is 714 g/mol. The van der Waals surface area contributed by atoms with Gasteiger partial charge in [0.15, 0.2) is 5.82 Å². The van der Waals surface area contributed by atoms with Crippen LogP contribution in [-0.2, 0) is 20.7 Å². The van der Waals surface area contributed by atoms with Crippen molar-refractivity contribution in [2.24, 2.45) is 0 Å². The Morgan fingerprint density at radius 3 is 2.45 bits per heavy atom. The molecule has 1 aromatic heterocycles. The maximum absolute atomic E-state index is 15.3. The molecule has 3 heterocycles. The zero-order chi connectivity index (χ0) is 36.3. The van der Waals surface area contributed by atoms with Gasteiger partial charge in [0.25, 0.3) is 5.91 Å². The molecule has 1 saturated heterocycles. The molecule has 0 aliphatic carbocycles. The average Bonchev–Trinajstić information content (AvgIpc) is 3.67. The maximum atomic E-state index is 15.3. The summed E-state index contributed by atoms with van der Waals surface area (Å²) >= 11 is 6.11. The van der Waals surface area contributed by atoms with Gasteiger partial charge in [-0.1, -0.05) is 30.7 Å². The third kappa shape index (κ3) is 7.79. The van der Waals surface area contributed by atoms with Gasteiger partial charge in [0.05, 0.1) is 16.3 Å². The molecule has 2 amide bonds. The van der Waals surface area contributed by atoms with Gasteiger partial charge in [0.2, 0.25) is 5.91 Å². The number of halogens is 2. The van der Waals surface area contributed by atoms with E-state index in [1.165, 1.54) is 34.1 Å². The van der Waals surface area contributed by atoms with Gasteiger partial charge in [-0.3, -0.25) is 9.59 Å². The number of carbonyl (C=O) groups is 3. The van der Waals surface area contributed by atoms with Crippen LogP contribution < -0.4 is 10.2 Å². The number of hydrogen-bond donors (Lipinski definition) is 1. The van der Waals surface area contributed by atoms with E-state index in [1.807, 2.05) is 32.9 Å². The van der Waals surface area contributed by atoms with Crippen LogP contribution in [0.4, 0.5) is 15.8 Å². The molecule has 51 heavy (non-hydrogen) atoms. The highest BCUT2D eigenvalue weighted by Gasteiger charge is 2.37. The van der Waals surface area contributed by atoms with Crippen LogP contribution >= 0.6 is 11.6 Å². The number of carbonyl (C=O) groups excluding carboxylic acids is 3. The lowest BCUT2D eigenvalue weighted by Crippen LogP contribution is -2.47. The van der Waals surface area contributed by atoms with Gasteiger partial charge in [0.1, 0.15) is 18.0 Å². The lowest BCUT2D eigenvalue weighted by molar-refractivity contribution is -0.135. The van der Waals surface area contributed by atoms with Crippen molar-refractivity contribution < 1.29 is 23.5 Å². The minimum atomic E-state index is -1.00. The van der Waals surface area contributed by atoms with E-state index in [1.54, 1.807) is 30.3 Å². The SMILES string of the molecule is CCC(C)(C)OC(=O)c1ccc(NC(=O)C2c3cccc(N4CCN(C)CC4)c3CCN2C(=O)/C=C/c2c(-n3cnnn3)ccc(Cl)c2F)cc1. The molecule has 1 N–H and O–H groups in total. The van der Waals surface area contributed by atoms with Crippen molar-refractivity contribution >= 4 is 46.8 Å². The highest BCUT2D eigenvalue weighted by molar-refractivity contribution is 6.31. The molecule has 12 nitrogen and oxygen atoms in total. The van der Waals surface area contributed by atoms with Crippen LogP contribution in [0.3, 0.4) is 0 Å². The molecule has 2 aliphatic rings. The molecule has 3 aromatic carbocycles. The van der Waals surface area contributed by atoms with E-state index in [4.69, 9.17) is 16.3 Å². The summed E-state index contributed by atoms with van der Waals surface area (Å²) in [6.45, 7) is 9.38. The molecule has 0 radical (unpaired) electrons. The molecule has 6 rings (SSSR count). The second kappa shape index (κ2) is 15.0. The summed E-state index contributed by atoms with van der Waals surface area (Å²) in [6, 6.07) is 14.2. The Bertz CT molecular complexity index is 1940. The number of tetrazole rings is 1. The molecule has 1 unspecified atom stereocenters. The average molecular weight is 715 g/mol. The van der Waals surface area contributed by atoms with Crippen LogP contribution in [0.2, 0.25) is 5.02 Å². The maximum Gasteiger partial charge on any atom is 0.338 e.